The smallest absolute Gasteiger partial charge is 0.212 e. The summed E-state index contributed by atoms with van der Waals surface area (Å²) in [6, 6.07) is 23.3. The molecule has 136 valence electrons. The van der Waals surface area contributed by atoms with Crippen LogP contribution in [-0.4, -0.2) is 0 Å². The lowest BCUT2D eigenvalue weighted by Crippen LogP contribution is -2.30. The van der Waals surface area contributed by atoms with Gasteiger partial charge in [-0.2, -0.15) is 0 Å². The van der Waals surface area contributed by atoms with Crippen molar-refractivity contribution in [3.8, 4) is 22.4 Å². The van der Waals surface area contributed by atoms with Crippen molar-refractivity contribution in [2.45, 2.75) is 6.92 Å². The van der Waals surface area contributed by atoms with Gasteiger partial charge in [-0.25, -0.2) is 8.96 Å². The van der Waals surface area contributed by atoms with Gasteiger partial charge in [-0.15, -0.1) is 0 Å². The van der Waals surface area contributed by atoms with Crippen LogP contribution in [0.2, 0.25) is 0 Å². The Morgan fingerprint density at radius 1 is 0.821 bits per heavy atom. The summed E-state index contributed by atoms with van der Waals surface area (Å²) in [5.74, 6) is -0.295. The third kappa shape index (κ3) is 2.59. The number of hydrogen-bond donors (Lipinski definition) is 0. The molecule has 3 heteroatoms. The molecule has 0 unspecified atom stereocenters. The van der Waals surface area contributed by atoms with Gasteiger partial charge in [-0.05, 0) is 47.9 Å². The van der Waals surface area contributed by atoms with Gasteiger partial charge in [0.25, 0.3) is 0 Å². The molecule has 0 N–H and O–H groups in total. The summed E-state index contributed by atoms with van der Waals surface area (Å²) in [5, 5.41) is 1.95. The molecule has 0 amide bonds. The molecule has 0 spiro atoms. The van der Waals surface area contributed by atoms with Crippen molar-refractivity contribution in [1.29, 1.82) is 0 Å². The Morgan fingerprint density at radius 2 is 1.61 bits per heavy atom. The Labute approximate surface area is 162 Å². The van der Waals surface area contributed by atoms with Gasteiger partial charge in [0.15, 0.2) is 6.20 Å². The van der Waals surface area contributed by atoms with E-state index in [1.807, 2.05) is 61.8 Å². The minimum atomic E-state index is -0.295. The number of benzene rings is 3. The summed E-state index contributed by atoms with van der Waals surface area (Å²) in [6.45, 7) is 2.08. The van der Waals surface area contributed by atoms with Crippen LogP contribution in [0.3, 0.4) is 0 Å². The second-order valence-corrected chi connectivity index (χ2v) is 7.15. The molecule has 0 aliphatic rings. The van der Waals surface area contributed by atoms with Crippen molar-refractivity contribution in [3.63, 3.8) is 0 Å². The first-order chi connectivity index (χ1) is 13.6. The zero-order chi connectivity index (χ0) is 19.3. The average Bonchev–Trinajstić information content (AvgIpc) is 3.04. The SMILES string of the molecule is Cc1cc2oc3cc(F)cc(-c4ccccc4)c3c2cc1-c1cccc[n+]1C. The van der Waals surface area contributed by atoms with E-state index in [1.165, 1.54) is 6.07 Å². The van der Waals surface area contributed by atoms with Crippen molar-refractivity contribution < 1.29 is 13.4 Å². The zero-order valence-electron chi connectivity index (χ0n) is 15.7. The third-order valence-corrected chi connectivity index (χ3v) is 5.30. The van der Waals surface area contributed by atoms with Crippen LogP contribution in [0.25, 0.3) is 44.3 Å². The van der Waals surface area contributed by atoms with Crippen molar-refractivity contribution in [2.75, 3.05) is 0 Å². The van der Waals surface area contributed by atoms with E-state index in [1.54, 1.807) is 6.07 Å². The third-order valence-electron chi connectivity index (χ3n) is 5.30. The zero-order valence-corrected chi connectivity index (χ0v) is 15.7. The number of rotatable bonds is 2. The molecule has 0 saturated heterocycles. The number of aromatic nitrogens is 1. The first-order valence-corrected chi connectivity index (χ1v) is 9.29. The Balaban J connectivity index is 1.88. The fourth-order valence-electron chi connectivity index (χ4n) is 3.94. The normalized spacial score (nSPS) is 11.4. The van der Waals surface area contributed by atoms with E-state index in [0.29, 0.717) is 5.58 Å². The minimum absolute atomic E-state index is 0.295. The van der Waals surface area contributed by atoms with Crippen LogP contribution in [0.4, 0.5) is 4.39 Å². The lowest BCUT2D eigenvalue weighted by atomic mass is 9.96. The standard InChI is InChI=1S/C25H19FNO/c1-16-12-23-21(15-19(16)22-10-6-7-11-27(22)2)25-20(17-8-4-3-5-9-17)13-18(26)14-24(25)28-23/h3-15H,1-2H3/q+1. The van der Waals surface area contributed by atoms with E-state index < -0.39 is 0 Å². The first kappa shape index (κ1) is 16.7. The van der Waals surface area contributed by atoms with Crippen LogP contribution in [0.15, 0.2) is 83.4 Å². The molecular formula is C25H19FNO+. The Kier molecular flexibility index (Phi) is 3.76. The van der Waals surface area contributed by atoms with Crippen molar-refractivity contribution in [1.82, 2.24) is 0 Å². The van der Waals surface area contributed by atoms with E-state index >= 15 is 0 Å². The molecule has 0 bridgehead atoms. The Hall–Kier alpha value is -3.46. The van der Waals surface area contributed by atoms with Gasteiger partial charge in [0.05, 0.1) is 0 Å². The highest BCUT2D eigenvalue weighted by Gasteiger charge is 2.19. The fourth-order valence-corrected chi connectivity index (χ4v) is 3.94. The van der Waals surface area contributed by atoms with Crippen LogP contribution in [0, 0.1) is 12.7 Å². The van der Waals surface area contributed by atoms with Crippen LogP contribution < -0.4 is 4.57 Å². The topological polar surface area (TPSA) is 17.0 Å². The average molecular weight is 368 g/mol. The quantitative estimate of drug-likeness (QED) is 0.339. The summed E-state index contributed by atoms with van der Waals surface area (Å²) in [4.78, 5) is 0. The van der Waals surface area contributed by atoms with E-state index in [2.05, 4.69) is 23.6 Å². The maximum atomic E-state index is 14.3. The van der Waals surface area contributed by atoms with Gasteiger partial charge < -0.3 is 4.42 Å². The maximum absolute atomic E-state index is 14.3. The molecule has 0 saturated carbocycles. The van der Waals surface area contributed by atoms with Gasteiger partial charge in [0.2, 0.25) is 5.69 Å². The molecule has 0 atom stereocenters. The number of pyridine rings is 1. The molecule has 5 aromatic rings. The molecule has 28 heavy (non-hydrogen) atoms. The first-order valence-electron chi connectivity index (χ1n) is 9.29. The molecule has 2 aromatic heterocycles. The number of furan rings is 1. The van der Waals surface area contributed by atoms with Gasteiger partial charge in [0.1, 0.15) is 24.0 Å². The van der Waals surface area contributed by atoms with E-state index in [0.717, 1.165) is 44.3 Å². The Morgan fingerprint density at radius 3 is 2.39 bits per heavy atom. The van der Waals surface area contributed by atoms with Gasteiger partial charge >= 0.3 is 0 Å². The summed E-state index contributed by atoms with van der Waals surface area (Å²) in [5.41, 5.74) is 6.56. The summed E-state index contributed by atoms with van der Waals surface area (Å²) in [7, 11) is 2.04. The van der Waals surface area contributed by atoms with Gasteiger partial charge in [-0.3, -0.25) is 0 Å². The summed E-state index contributed by atoms with van der Waals surface area (Å²) in [6.07, 6.45) is 2.04. The molecule has 0 radical (unpaired) electrons. The number of fused-ring (bicyclic) bond motifs is 3. The predicted octanol–water partition coefficient (Wildman–Crippen LogP) is 6.19. The van der Waals surface area contributed by atoms with E-state index in [9.17, 15) is 4.39 Å². The molecule has 0 aliphatic heterocycles. The van der Waals surface area contributed by atoms with Crippen LogP contribution >= 0.6 is 0 Å². The number of aryl methyl sites for hydroxylation is 2. The van der Waals surface area contributed by atoms with Crippen molar-refractivity contribution >= 4 is 21.9 Å². The van der Waals surface area contributed by atoms with Crippen LogP contribution in [0.1, 0.15) is 5.56 Å². The molecule has 2 nitrogen and oxygen atoms in total. The van der Waals surface area contributed by atoms with Crippen LogP contribution in [-0.2, 0) is 7.05 Å². The Bertz CT molecular complexity index is 1340. The van der Waals surface area contributed by atoms with E-state index in [-0.39, 0.29) is 5.82 Å². The molecule has 5 rings (SSSR count). The predicted molar refractivity (Wildman–Crippen MR) is 110 cm³/mol. The fraction of sp³-hybridized carbons (Fsp3) is 0.0800. The maximum Gasteiger partial charge on any atom is 0.212 e. The van der Waals surface area contributed by atoms with E-state index in [4.69, 9.17) is 4.42 Å². The second kappa shape index (κ2) is 6.31. The summed E-state index contributed by atoms with van der Waals surface area (Å²) >= 11 is 0. The molecule has 2 heterocycles. The molecule has 0 aliphatic carbocycles. The highest BCUT2D eigenvalue weighted by Crippen LogP contribution is 2.39. The van der Waals surface area contributed by atoms with Gasteiger partial charge in [0, 0.05) is 34.5 Å². The van der Waals surface area contributed by atoms with Crippen LogP contribution in [0.5, 0.6) is 0 Å². The number of hydrogen-bond acceptors (Lipinski definition) is 1. The number of nitrogens with zero attached hydrogens (tertiary/aromatic N) is 1. The van der Waals surface area contributed by atoms with Gasteiger partial charge in [-0.1, -0.05) is 30.3 Å². The molecule has 0 fully saturated rings. The lowest BCUT2D eigenvalue weighted by Gasteiger charge is -2.06. The second-order valence-electron chi connectivity index (χ2n) is 7.15. The van der Waals surface area contributed by atoms with Crippen molar-refractivity contribution in [3.05, 3.63) is 90.4 Å². The highest BCUT2D eigenvalue weighted by atomic mass is 19.1. The lowest BCUT2D eigenvalue weighted by molar-refractivity contribution is -0.660. The summed E-state index contributed by atoms with van der Waals surface area (Å²) < 4.78 is 22.5. The van der Waals surface area contributed by atoms with Crippen molar-refractivity contribution in [2.24, 2.45) is 7.05 Å². The largest absolute Gasteiger partial charge is 0.456 e. The number of halogens is 1. The highest BCUT2D eigenvalue weighted by molar-refractivity contribution is 6.13. The molecule has 3 aromatic carbocycles. The monoisotopic (exact) mass is 368 g/mol. The molecular weight excluding hydrogens is 349 g/mol. The minimum Gasteiger partial charge on any atom is -0.456 e.